The van der Waals surface area contributed by atoms with Crippen molar-refractivity contribution in [2.24, 2.45) is 0 Å². The first-order valence-corrected chi connectivity index (χ1v) is 12.6. The van der Waals surface area contributed by atoms with Gasteiger partial charge in [0.25, 0.3) is 17.7 Å². The summed E-state index contributed by atoms with van der Waals surface area (Å²) in [4.78, 5) is 56.2. The van der Waals surface area contributed by atoms with Gasteiger partial charge in [0.1, 0.15) is 6.04 Å². The number of imide groups is 1. The Labute approximate surface area is 202 Å². The molecule has 0 bridgehead atoms. The number of esters is 1. The maximum Gasteiger partial charge on any atom is 0.329 e. The molecular formula is C25H27N3O5S. The van der Waals surface area contributed by atoms with Crippen molar-refractivity contribution in [1.29, 1.82) is 0 Å². The molecule has 8 nitrogen and oxygen atoms in total. The minimum atomic E-state index is -1.07. The molecule has 1 fully saturated rings. The average molecular weight is 482 g/mol. The first kappa shape index (κ1) is 23.8. The first-order chi connectivity index (χ1) is 16.5. The maximum atomic E-state index is 12.9. The SMILES string of the molecule is CSCCC(C(=O)OCC(=O)N1CCN(c2ccccc2)CC1)N1C(=O)c2ccccc2C1=O. The van der Waals surface area contributed by atoms with Gasteiger partial charge in [-0.25, -0.2) is 4.79 Å². The Morgan fingerprint density at radius 1 is 0.912 bits per heavy atom. The van der Waals surface area contributed by atoms with E-state index < -0.39 is 30.4 Å². The number of carbonyl (C=O) groups is 4. The van der Waals surface area contributed by atoms with E-state index >= 15 is 0 Å². The number of fused-ring (bicyclic) bond motifs is 1. The minimum Gasteiger partial charge on any atom is -0.454 e. The highest BCUT2D eigenvalue weighted by Crippen LogP contribution is 2.26. The van der Waals surface area contributed by atoms with Gasteiger partial charge in [-0.15, -0.1) is 0 Å². The fourth-order valence-electron chi connectivity index (χ4n) is 4.25. The number of amides is 3. The number of piperazine rings is 1. The van der Waals surface area contributed by atoms with Crippen molar-refractivity contribution in [3.05, 3.63) is 65.7 Å². The molecule has 2 aromatic rings. The smallest absolute Gasteiger partial charge is 0.329 e. The van der Waals surface area contributed by atoms with Gasteiger partial charge in [0.05, 0.1) is 11.1 Å². The van der Waals surface area contributed by atoms with Crippen LogP contribution in [0.2, 0.25) is 0 Å². The van der Waals surface area contributed by atoms with Gasteiger partial charge in [0, 0.05) is 31.9 Å². The molecule has 4 rings (SSSR count). The standard InChI is InChI=1S/C25H27N3O5S/c1-34-16-11-21(28-23(30)19-9-5-6-10-20(19)24(28)31)25(32)33-17-22(29)27-14-12-26(13-15-27)18-7-3-2-4-8-18/h2-10,21H,11-17H2,1H3. The molecule has 1 unspecified atom stereocenters. The molecule has 2 aromatic carbocycles. The van der Waals surface area contributed by atoms with Crippen LogP contribution in [-0.4, -0.2) is 84.3 Å². The van der Waals surface area contributed by atoms with Crippen molar-refractivity contribution in [3.8, 4) is 0 Å². The van der Waals surface area contributed by atoms with Crippen LogP contribution in [0.15, 0.2) is 54.6 Å². The van der Waals surface area contributed by atoms with E-state index in [1.165, 1.54) is 11.8 Å². The summed E-state index contributed by atoms with van der Waals surface area (Å²) in [7, 11) is 0. The predicted octanol–water partition coefficient (Wildman–Crippen LogP) is 2.30. The molecule has 0 saturated carbocycles. The van der Waals surface area contributed by atoms with Gasteiger partial charge in [-0.3, -0.25) is 19.3 Å². The summed E-state index contributed by atoms with van der Waals surface area (Å²) in [5.41, 5.74) is 1.67. The molecule has 1 saturated heterocycles. The van der Waals surface area contributed by atoms with Gasteiger partial charge >= 0.3 is 5.97 Å². The molecule has 0 N–H and O–H groups in total. The molecule has 3 amide bonds. The van der Waals surface area contributed by atoms with Crippen molar-refractivity contribution in [1.82, 2.24) is 9.80 Å². The summed E-state index contributed by atoms with van der Waals surface area (Å²) in [6, 6.07) is 15.4. The molecule has 2 aliphatic rings. The van der Waals surface area contributed by atoms with Crippen molar-refractivity contribution >= 4 is 41.1 Å². The van der Waals surface area contributed by atoms with Crippen molar-refractivity contribution in [3.63, 3.8) is 0 Å². The van der Waals surface area contributed by atoms with Gasteiger partial charge < -0.3 is 14.5 Å². The lowest BCUT2D eigenvalue weighted by Crippen LogP contribution is -2.50. The molecule has 2 aliphatic heterocycles. The summed E-state index contributed by atoms with van der Waals surface area (Å²) in [6.45, 7) is 2.02. The van der Waals surface area contributed by atoms with E-state index in [2.05, 4.69) is 4.90 Å². The second-order valence-corrected chi connectivity index (χ2v) is 9.12. The molecule has 1 atom stereocenters. The fourth-order valence-corrected chi connectivity index (χ4v) is 4.70. The summed E-state index contributed by atoms with van der Waals surface area (Å²) in [5, 5.41) is 0. The quantitative estimate of drug-likeness (QED) is 0.422. The van der Waals surface area contributed by atoms with E-state index in [0.717, 1.165) is 10.6 Å². The topological polar surface area (TPSA) is 87.2 Å². The van der Waals surface area contributed by atoms with E-state index in [0.29, 0.717) is 31.9 Å². The van der Waals surface area contributed by atoms with E-state index in [-0.39, 0.29) is 23.5 Å². The molecule has 34 heavy (non-hydrogen) atoms. The number of para-hydroxylation sites is 1. The maximum absolute atomic E-state index is 12.9. The lowest BCUT2D eigenvalue weighted by atomic mass is 10.1. The zero-order chi connectivity index (χ0) is 24.1. The first-order valence-electron chi connectivity index (χ1n) is 11.2. The van der Waals surface area contributed by atoms with Crippen molar-refractivity contribution < 1.29 is 23.9 Å². The van der Waals surface area contributed by atoms with Gasteiger partial charge in [-0.05, 0) is 42.7 Å². The zero-order valence-electron chi connectivity index (χ0n) is 19.0. The van der Waals surface area contributed by atoms with Crippen molar-refractivity contribution in [2.75, 3.05) is 49.7 Å². The predicted molar refractivity (Wildman–Crippen MR) is 130 cm³/mol. The number of ether oxygens (including phenoxy) is 1. The van der Waals surface area contributed by atoms with E-state index in [9.17, 15) is 19.2 Å². The largest absolute Gasteiger partial charge is 0.454 e. The van der Waals surface area contributed by atoms with Gasteiger partial charge in [-0.1, -0.05) is 30.3 Å². The average Bonchev–Trinajstić information content (AvgIpc) is 3.13. The molecule has 0 spiro atoms. The highest BCUT2D eigenvalue weighted by Gasteiger charge is 2.43. The Morgan fingerprint density at radius 2 is 1.50 bits per heavy atom. The van der Waals surface area contributed by atoms with Crippen LogP contribution in [0.4, 0.5) is 5.69 Å². The van der Waals surface area contributed by atoms with Crippen molar-refractivity contribution in [2.45, 2.75) is 12.5 Å². The number of hydrogen-bond donors (Lipinski definition) is 0. The molecule has 0 radical (unpaired) electrons. The third-order valence-corrected chi connectivity index (χ3v) is 6.74. The summed E-state index contributed by atoms with van der Waals surface area (Å²) in [6.07, 6.45) is 2.14. The van der Waals surface area contributed by atoms with Crippen LogP contribution in [0.1, 0.15) is 27.1 Å². The lowest BCUT2D eigenvalue weighted by molar-refractivity contribution is -0.155. The third kappa shape index (κ3) is 4.94. The molecular weight excluding hydrogens is 454 g/mol. The minimum absolute atomic E-state index is 0.259. The second-order valence-electron chi connectivity index (χ2n) is 8.13. The number of rotatable bonds is 8. The number of nitrogens with zero attached hydrogens (tertiary/aromatic N) is 3. The normalized spacial score (nSPS) is 16.4. The number of hydrogen-bond acceptors (Lipinski definition) is 7. The highest BCUT2D eigenvalue weighted by molar-refractivity contribution is 7.98. The third-order valence-electron chi connectivity index (χ3n) is 6.10. The molecule has 0 aromatic heterocycles. The van der Waals surface area contributed by atoms with E-state index in [1.807, 2.05) is 36.6 Å². The molecule has 9 heteroatoms. The Balaban J connectivity index is 1.35. The number of benzene rings is 2. The fraction of sp³-hybridized carbons (Fsp3) is 0.360. The second kappa shape index (κ2) is 10.7. The Morgan fingerprint density at radius 3 is 2.09 bits per heavy atom. The van der Waals surface area contributed by atoms with Gasteiger partial charge in [0.15, 0.2) is 6.61 Å². The Bertz CT molecular complexity index is 1030. The van der Waals surface area contributed by atoms with E-state index in [4.69, 9.17) is 4.74 Å². The monoisotopic (exact) mass is 481 g/mol. The van der Waals surface area contributed by atoms with Crippen LogP contribution in [0.5, 0.6) is 0 Å². The van der Waals surface area contributed by atoms with E-state index in [1.54, 1.807) is 29.2 Å². The van der Waals surface area contributed by atoms with Crippen LogP contribution in [-0.2, 0) is 14.3 Å². The van der Waals surface area contributed by atoms with Crippen LogP contribution in [0, 0.1) is 0 Å². The Kier molecular flexibility index (Phi) is 7.52. The van der Waals surface area contributed by atoms with Crippen LogP contribution >= 0.6 is 11.8 Å². The van der Waals surface area contributed by atoms with Gasteiger partial charge in [-0.2, -0.15) is 11.8 Å². The summed E-state index contributed by atoms with van der Waals surface area (Å²) < 4.78 is 5.34. The lowest BCUT2D eigenvalue weighted by Gasteiger charge is -2.36. The zero-order valence-corrected chi connectivity index (χ0v) is 19.8. The molecule has 0 aliphatic carbocycles. The highest BCUT2D eigenvalue weighted by atomic mass is 32.2. The molecule has 2 heterocycles. The Hall–Kier alpha value is -3.33. The van der Waals surface area contributed by atoms with Gasteiger partial charge in [0.2, 0.25) is 0 Å². The summed E-state index contributed by atoms with van der Waals surface area (Å²) in [5.74, 6) is -1.48. The van der Waals surface area contributed by atoms with Crippen LogP contribution in [0.3, 0.4) is 0 Å². The van der Waals surface area contributed by atoms with Crippen LogP contribution in [0.25, 0.3) is 0 Å². The number of thioether (sulfide) groups is 1. The van der Waals surface area contributed by atoms with Crippen LogP contribution < -0.4 is 4.90 Å². The molecule has 178 valence electrons. The summed E-state index contributed by atoms with van der Waals surface area (Å²) >= 11 is 1.50. The number of carbonyl (C=O) groups excluding carboxylic acids is 4. The number of anilines is 1.